The molecule has 2 aliphatic heterocycles. The van der Waals surface area contributed by atoms with Crippen LogP contribution in [-0.4, -0.2) is 61.4 Å². The Kier molecular flexibility index (Phi) is 5.78. The highest BCUT2D eigenvalue weighted by Crippen LogP contribution is 2.50. The summed E-state index contributed by atoms with van der Waals surface area (Å²) in [6.07, 6.45) is 1.44. The average Bonchev–Trinajstić information content (AvgIpc) is 3.19. The molecule has 3 rings (SSSR count). The largest absolute Gasteiger partial charge is 0.481 e. The number of piperidine rings is 1. The molecule has 0 spiro atoms. The van der Waals surface area contributed by atoms with Crippen LogP contribution in [0.15, 0.2) is 6.07 Å². The fourth-order valence-electron chi connectivity index (χ4n) is 3.39. The topological polar surface area (TPSA) is 66.5 Å². The maximum absolute atomic E-state index is 14.5. The fourth-order valence-corrected chi connectivity index (χ4v) is 3.39. The number of nitrogens with zero attached hydrogens (tertiary/aromatic N) is 2. The van der Waals surface area contributed by atoms with E-state index in [0.29, 0.717) is 13.0 Å². The Morgan fingerprint density at radius 3 is 2.43 bits per heavy atom. The Bertz CT molecular complexity index is 796. The lowest BCUT2D eigenvalue weighted by Gasteiger charge is -2.43. The summed E-state index contributed by atoms with van der Waals surface area (Å²) in [7, 11) is 1.11. The van der Waals surface area contributed by atoms with E-state index in [4.69, 9.17) is 4.74 Å². The number of rotatable bonds is 5. The second-order valence-corrected chi connectivity index (χ2v) is 7.17. The van der Waals surface area contributed by atoms with Crippen LogP contribution >= 0.6 is 0 Å². The van der Waals surface area contributed by atoms with Gasteiger partial charge in [-0.15, -0.1) is 0 Å². The summed E-state index contributed by atoms with van der Waals surface area (Å²) in [6, 6.07) is 0.361. The van der Waals surface area contributed by atoms with Crippen molar-refractivity contribution < 1.29 is 40.3 Å². The molecule has 1 amide bonds. The van der Waals surface area contributed by atoms with Gasteiger partial charge in [-0.05, 0) is 25.5 Å². The van der Waals surface area contributed by atoms with E-state index in [1.807, 2.05) is 0 Å². The van der Waals surface area contributed by atoms with Crippen molar-refractivity contribution in [3.05, 3.63) is 17.4 Å². The third-order valence-electron chi connectivity index (χ3n) is 5.02. The van der Waals surface area contributed by atoms with Crippen molar-refractivity contribution in [2.24, 2.45) is 0 Å². The smallest absolute Gasteiger partial charge is 0.375 e. The molecule has 168 valence electrons. The average molecular weight is 444 g/mol. The highest BCUT2D eigenvalue weighted by Gasteiger charge is 2.75. The van der Waals surface area contributed by atoms with Crippen molar-refractivity contribution in [1.82, 2.24) is 15.6 Å². The van der Waals surface area contributed by atoms with Crippen molar-refractivity contribution in [1.29, 1.82) is 0 Å². The molecule has 2 saturated heterocycles. The molecule has 1 aromatic heterocycles. The monoisotopic (exact) mass is 444 g/mol. The molecule has 2 aliphatic rings. The molecule has 1 unspecified atom stereocenters. The molecule has 0 aromatic carbocycles. The Morgan fingerprint density at radius 2 is 1.90 bits per heavy atom. The van der Waals surface area contributed by atoms with Crippen LogP contribution in [-0.2, 0) is 11.3 Å². The number of hydrogen-bond donors (Lipinski definition) is 2. The summed E-state index contributed by atoms with van der Waals surface area (Å²) in [6.45, 7) is -3.26. The highest BCUT2D eigenvalue weighted by molar-refractivity contribution is 5.82. The van der Waals surface area contributed by atoms with Crippen LogP contribution in [0.2, 0.25) is 0 Å². The predicted octanol–water partition coefficient (Wildman–Crippen LogP) is 2.32. The highest BCUT2D eigenvalue weighted by atomic mass is 19.3. The van der Waals surface area contributed by atoms with E-state index < -0.39 is 48.5 Å². The van der Waals surface area contributed by atoms with Crippen LogP contribution < -0.4 is 20.3 Å². The summed E-state index contributed by atoms with van der Waals surface area (Å²) in [4.78, 5) is 15.7. The van der Waals surface area contributed by atoms with Gasteiger partial charge in [-0.3, -0.25) is 4.79 Å². The predicted molar refractivity (Wildman–Crippen MR) is 90.7 cm³/mol. The van der Waals surface area contributed by atoms with Crippen LogP contribution in [0.3, 0.4) is 0 Å². The maximum Gasteiger partial charge on any atom is 0.375 e. The van der Waals surface area contributed by atoms with Gasteiger partial charge < -0.3 is 20.3 Å². The number of hydrogen-bond acceptors (Lipinski definition) is 5. The van der Waals surface area contributed by atoms with E-state index in [9.17, 15) is 35.5 Å². The first kappa shape index (κ1) is 22.4. The summed E-state index contributed by atoms with van der Waals surface area (Å²) >= 11 is 0. The van der Waals surface area contributed by atoms with Crippen molar-refractivity contribution in [2.75, 3.05) is 31.6 Å². The van der Waals surface area contributed by atoms with E-state index >= 15 is 0 Å². The van der Waals surface area contributed by atoms with Gasteiger partial charge in [-0.1, -0.05) is 0 Å². The lowest BCUT2D eigenvalue weighted by Crippen LogP contribution is -2.67. The number of pyridine rings is 1. The number of halogens is 7. The van der Waals surface area contributed by atoms with Crippen LogP contribution in [0.25, 0.3) is 0 Å². The van der Waals surface area contributed by atoms with Crippen LogP contribution in [0.4, 0.5) is 36.6 Å². The van der Waals surface area contributed by atoms with Gasteiger partial charge in [0.05, 0.1) is 26.2 Å². The second-order valence-electron chi connectivity index (χ2n) is 7.17. The number of ether oxygens (including phenoxy) is 1. The van der Waals surface area contributed by atoms with Crippen molar-refractivity contribution in [3.8, 4) is 5.88 Å². The molecule has 1 aromatic rings. The van der Waals surface area contributed by atoms with Crippen molar-refractivity contribution in [2.45, 2.75) is 43.2 Å². The number of nitrogens with one attached hydrogen (secondary N) is 2. The Morgan fingerprint density at radius 1 is 1.27 bits per heavy atom. The molecule has 0 bridgehead atoms. The number of aromatic nitrogens is 1. The minimum atomic E-state index is -5.59. The van der Waals surface area contributed by atoms with E-state index in [1.54, 1.807) is 0 Å². The molecule has 6 nitrogen and oxygen atoms in total. The molecule has 30 heavy (non-hydrogen) atoms. The zero-order valence-corrected chi connectivity index (χ0v) is 15.8. The summed E-state index contributed by atoms with van der Waals surface area (Å²) < 4.78 is 101. The number of anilines is 1. The number of alkyl halides is 6. The SMILES string of the molecule is COc1nc(N2CC(F)(F)C(F)(F)C(F)(F)C2)c(F)cc1CNC(=O)C1CCCN1. The van der Waals surface area contributed by atoms with Gasteiger partial charge in [0.2, 0.25) is 11.8 Å². The van der Waals surface area contributed by atoms with Crippen LogP contribution in [0.5, 0.6) is 5.88 Å². The summed E-state index contributed by atoms with van der Waals surface area (Å²) in [5.41, 5.74) is 0.0194. The molecule has 13 heteroatoms. The van der Waals surface area contributed by atoms with E-state index in [0.717, 1.165) is 19.6 Å². The Balaban J connectivity index is 1.82. The van der Waals surface area contributed by atoms with Gasteiger partial charge >= 0.3 is 17.8 Å². The minimum Gasteiger partial charge on any atom is -0.481 e. The second kappa shape index (κ2) is 7.75. The lowest BCUT2D eigenvalue weighted by atomic mass is 9.98. The first-order chi connectivity index (χ1) is 13.9. The third-order valence-corrected chi connectivity index (χ3v) is 5.02. The van der Waals surface area contributed by atoms with E-state index in [-0.39, 0.29) is 28.8 Å². The molecule has 0 saturated carbocycles. The van der Waals surface area contributed by atoms with Crippen LogP contribution in [0, 0.1) is 5.82 Å². The molecular weight excluding hydrogens is 425 g/mol. The first-order valence-corrected chi connectivity index (χ1v) is 9.02. The molecule has 3 heterocycles. The normalized spacial score (nSPS) is 24.5. The van der Waals surface area contributed by atoms with Gasteiger partial charge in [0.1, 0.15) is 0 Å². The molecule has 2 fully saturated rings. The van der Waals surface area contributed by atoms with Crippen LogP contribution in [0.1, 0.15) is 18.4 Å². The van der Waals surface area contributed by atoms with E-state index in [2.05, 4.69) is 15.6 Å². The first-order valence-electron chi connectivity index (χ1n) is 9.02. The fraction of sp³-hybridized carbons (Fsp3) is 0.647. The quantitative estimate of drug-likeness (QED) is 0.683. The van der Waals surface area contributed by atoms with Gasteiger partial charge in [0.15, 0.2) is 11.6 Å². The molecule has 1 atom stereocenters. The van der Waals surface area contributed by atoms with Crippen molar-refractivity contribution >= 4 is 11.7 Å². The van der Waals surface area contributed by atoms with Gasteiger partial charge in [0.25, 0.3) is 0 Å². The van der Waals surface area contributed by atoms with E-state index in [1.165, 1.54) is 0 Å². The number of amides is 1. The number of methoxy groups -OCH3 is 1. The minimum absolute atomic E-state index is 0.0194. The molecule has 0 aliphatic carbocycles. The molecule has 0 radical (unpaired) electrons. The van der Waals surface area contributed by atoms with Crippen molar-refractivity contribution in [3.63, 3.8) is 0 Å². The van der Waals surface area contributed by atoms with Gasteiger partial charge in [-0.2, -0.15) is 31.3 Å². The Labute approximate surface area is 166 Å². The molecular formula is C17H19F7N4O2. The van der Waals surface area contributed by atoms with Gasteiger partial charge in [0, 0.05) is 12.1 Å². The zero-order chi connectivity index (χ0) is 22.3. The number of carbonyl (C=O) groups excluding carboxylic acids is 1. The zero-order valence-electron chi connectivity index (χ0n) is 15.8. The lowest BCUT2D eigenvalue weighted by molar-refractivity contribution is -0.314. The molecule has 2 N–H and O–H groups in total. The summed E-state index contributed by atoms with van der Waals surface area (Å²) in [5, 5.41) is 5.50. The third kappa shape index (κ3) is 3.86. The van der Waals surface area contributed by atoms with Gasteiger partial charge in [-0.25, -0.2) is 4.39 Å². The summed E-state index contributed by atoms with van der Waals surface area (Å²) in [5.74, 6) is -18.8. The Hall–Kier alpha value is -2.31. The standard InChI is InChI=1S/C17H19F7N4O2/c1-30-14-9(6-26-13(29)11-3-2-4-25-11)5-10(18)12(27-14)28-7-15(19,20)17(23,24)16(21,22)8-28/h5,11,25H,2-4,6-8H2,1H3,(H,26,29). The maximum atomic E-state index is 14.5. The number of carbonyl (C=O) groups is 1.